The van der Waals surface area contributed by atoms with E-state index in [1.165, 1.54) is 19.1 Å². The third-order valence-electron chi connectivity index (χ3n) is 4.44. The van der Waals surface area contributed by atoms with Crippen LogP contribution in [0.2, 0.25) is 0 Å². The van der Waals surface area contributed by atoms with Crippen LogP contribution in [0, 0.1) is 11.3 Å². The fraction of sp³-hybridized carbons (Fsp3) is 0.632. The summed E-state index contributed by atoms with van der Waals surface area (Å²) in [6.45, 7) is 7.91. The molecule has 0 aromatic heterocycles. The molecule has 0 spiro atoms. The van der Waals surface area contributed by atoms with Crippen LogP contribution in [0.3, 0.4) is 0 Å². The van der Waals surface area contributed by atoms with E-state index in [9.17, 15) is 18.0 Å². The Kier molecular flexibility index (Phi) is 5.69. The van der Waals surface area contributed by atoms with Gasteiger partial charge in [0, 0.05) is 0 Å². The van der Waals surface area contributed by atoms with Gasteiger partial charge in [-0.3, -0.25) is 0 Å². The first-order chi connectivity index (χ1) is 11.5. The lowest BCUT2D eigenvalue weighted by atomic mass is 9.71. The summed E-state index contributed by atoms with van der Waals surface area (Å²) in [6.07, 6.45) is -2.95. The maximum atomic E-state index is 12.7. The average Bonchev–Trinajstić information content (AvgIpc) is 2.44. The van der Waals surface area contributed by atoms with Gasteiger partial charge in [0.1, 0.15) is 11.9 Å². The minimum absolute atomic E-state index is 0.00313. The first-order valence-electron chi connectivity index (χ1n) is 8.51. The predicted octanol–water partition coefficient (Wildman–Crippen LogP) is 5.23. The number of benzene rings is 1. The molecule has 0 saturated heterocycles. The number of hydrogen-bond acceptors (Lipinski definition) is 3. The van der Waals surface area contributed by atoms with Crippen molar-refractivity contribution in [2.24, 2.45) is 11.3 Å². The Morgan fingerprint density at radius 2 is 1.96 bits per heavy atom. The summed E-state index contributed by atoms with van der Waals surface area (Å²) in [5.41, 5.74) is -0.707. The van der Waals surface area contributed by atoms with Crippen LogP contribution in [-0.4, -0.2) is 18.2 Å². The van der Waals surface area contributed by atoms with Crippen LogP contribution in [0.25, 0.3) is 0 Å². The first-order valence-corrected chi connectivity index (χ1v) is 8.51. The van der Waals surface area contributed by atoms with Crippen LogP contribution >= 0.6 is 0 Å². The predicted molar refractivity (Wildman–Crippen MR) is 88.2 cm³/mol. The van der Waals surface area contributed by atoms with Gasteiger partial charge < -0.3 is 9.47 Å². The molecule has 0 amide bonds. The van der Waals surface area contributed by atoms with Crippen molar-refractivity contribution < 1.29 is 27.4 Å². The number of hydrogen-bond donors (Lipinski definition) is 0. The second kappa shape index (κ2) is 7.26. The highest BCUT2D eigenvalue weighted by Gasteiger charge is 2.35. The zero-order chi connectivity index (χ0) is 18.8. The van der Waals surface area contributed by atoms with E-state index < -0.39 is 23.8 Å². The molecule has 0 heterocycles. The zero-order valence-corrected chi connectivity index (χ0v) is 15.0. The summed E-state index contributed by atoms with van der Waals surface area (Å²) < 4.78 is 49.1. The van der Waals surface area contributed by atoms with E-state index >= 15 is 0 Å². The second-order valence-electron chi connectivity index (χ2n) is 7.76. The highest BCUT2D eigenvalue weighted by molar-refractivity contribution is 5.74. The number of carbonyl (C=O) groups is 1. The second-order valence-corrected chi connectivity index (χ2v) is 7.76. The van der Waals surface area contributed by atoms with E-state index in [0.717, 1.165) is 31.4 Å². The van der Waals surface area contributed by atoms with Crippen molar-refractivity contribution in [2.75, 3.05) is 0 Å². The number of ether oxygens (including phenoxy) is 2. The van der Waals surface area contributed by atoms with Crippen molar-refractivity contribution in [3.05, 3.63) is 29.8 Å². The van der Waals surface area contributed by atoms with Gasteiger partial charge in [0.15, 0.2) is 6.10 Å². The number of carbonyl (C=O) groups excluding carboxylic acids is 1. The molecule has 6 heteroatoms. The molecule has 1 fully saturated rings. The monoisotopic (exact) mass is 358 g/mol. The minimum Gasteiger partial charge on any atom is -0.479 e. The molecule has 3 unspecified atom stereocenters. The lowest BCUT2D eigenvalue weighted by molar-refractivity contribution is -0.161. The van der Waals surface area contributed by atoms with Crippen molar-refractivity contribution in [3.8, 4) is 5.75 Å². The maximum Gasteiger partial charge on any atom is 0.416 e. The van der Waals surface area contributed by atoms with E-state index in [-0.39, 0.29) is 17.3 Å². The third-order valence-corrected chi connectivity index (χ3v) is 4.44. The van der Waals surface area contributed by atoms with E-state index in [0.29, 0.717) is 5.92 Å². The lowest BCUT2D eigenvalue weighted by Crippen LogP contribution is -2.37. The summed E-state index contributed by atoms with van der Waals surface area (Å²) in [7, 11) is 0. The van der Waals surface area contributed by atoms with Gasteiger partial charge in [-0.1, -0.05) is 26.8 Å². The van der Waals surface area contributed by atoms with Crippen molar-refractivity contribution in [1.29, 1.82) is 0 Å². The van der Waals surface area contributed by atoms with Gasteiger partial charge in [0.05, 0.1) is 5.56 Å². The molecule has 0 N–H and O–H groups in total. The van der Waals surface area contributed by atoms with Gasteiger partial charge in [-0.25, -0.2) is 4.79 Å². The molecule has 140 valence electrons. The lowest BCUT2D eigenvalue weighted by Gasteiger charge is -2.38. The summed E-state index contributed by atoms with van der Waals surface area (Å²) in [5, 5.41) is 0. The number of halogens is 3. The molecule has 1 aromatic carbocycles. The Labute approximate surface area is 146 Å². The molecule has 25 heavy (non-hydrogen) atoms. The van der Waals surface area contributed by atoms with Crippen LogP contribution in [0.15, 0.2) is 24.3 Å². The van der Waals surface area contributed by atoms with Crippen molar-refractivity contribution in [1.82, 2.24) is 0 Å². The number of rotatable bonds is 4. The van der Waals surface area contributed by atoms with Gasteiger partial charge in [-0.05, 0) is 55.7 Å². The quantitative estimate of drug-likeness (QED) is 0.691. The topological polar surface area (TPSA) is 35.5 Å². The van der Waals surface area contributed by atoms with E-state index in [1.54, 1.807) is 0 Å². The molecule has 0 bridgehead atoms. The summed E-state index contributed by atoms with van der Waals surface area (Å²) >= 11 is 0. The average molecular weight is 358 g/mol. The molecule has 1 aromatic rings. The molecule has 0 radical (unpaired) electrons. The Balaban J connectivity index is 1.97. The minimum atomic E-state index is -4.45. The van der Waals surface area contributed by atoms with Gasteiger partial charge >= 0.3 is 12.1 Å². The fourth-order valence-electron chi connectivity index (χ4n) is 3.61. The van der Waals surface area contributed by atoms with E-state index in [2.05, 4.69) is 20.8 Å². The third kappa shape index (κ3) is 5.65. The van der Waals surface area contributed by atoms with Crippen LogP contribution in [0.1, 0.15) is 52.5 Å². The normalized spacial score (nSPS) is 24.4. The summed E-state index contributed by atoms with van der Waals surface area (Å²) in [5.74, 6) is -0.0924. The molecule has 1 aliphatic rings. The molecule has 2 rings (SSSR count). The van der Waals surface area contributed by atoms with Gasteiger partial charge in [0.25, 0.3) is 0 Å². The Morgan fingerprint density at radius 1 is 1.28 bits per heavy atom. The standard InChI is InChI=1S/C19H25F3O3/c1-12-8-16(11-18(3,4)10-12)25-17(23)13(2)24-15-7-5-6-14(9-15)19(20,21)22/h5-7,9,12-13,16H,8,10-11H2,1-4H3. The summed E-state index contributed by atoms with van der Waals surface area (Å²) in [4.78, 5) is 12.2. The molecule has 1 saturated carbocycles. The number of esters is 1. The van der Waals surface area contributed by atoms with Crippen LogP contribution < -0.4 is 4.74 Å². The Bertz CT molecular complexity index is 610. The van der Waals surface area contributed by atoms with Gasteiger partial charge in [-0.2, -0.15) is 13.2 Å². The van der Waals surface area contributed by atoms with Crippen molar-refractivity contribution >= 4 is 5.97 Å². The summed E-state index contributed by atoms with van der Waals surface area (Å²) in [6, 6.07) is 4.49. The molecule has 3 atom stereocenters. The Morgan fingerprint density at radius 3 is 2.56 bits per heavy atom. The smallest absolute Gasteiger partial charge is 0.416 e. The highest BCUT2D eigenvalue weighted by Crippen LogP contribution is 2.39. The van der Waals surface area contributed by atoms with E-state index in [1.807, 2.05) is 0 Å². The molecule has 1 aliphatic carbocycles. The van der Waals surface area contributed by atoms with Crippen molar-refractivity contribution in [2.45, 2.75) is 65.3 Å². The fourth-order valence-corrected chi connectivity index (χ4v) is 3.61. The molecule has 0 aliphatic heterocycles. The Hall–Kier alpha value is -1.72. The molecule has 3 nitrogen and oxygen atoms in total. The van der Waals surface area contributed by atoms with Gasteiger partial charge in [-0.15, -0.1) is 0 Å². The van der Waals surface area contributed by atoms with Gasteiger partial charge in [0.2, 0.25) is 0 Å². The largest absolute Gasteiger partial charge is 0.479 e. The van der Waals surface area contributed by atoms with Crippen LogP contribution in [-0.2, 0) is 15.7 Å². The highest BCUT2D eigenvalue weighted by atomic mass is 19.4. The van der Waals surface area contributed by atoms with Crippen LogP contribution in [0.5, 0.6) is 5.75 Å². The van der Waals surface area contributed by atoms with Crippen LogP contribution in [0.4, 0.5) is 13.2 Å². The van der Waals surface area contributed by atoms with Crippen molar-refractivity contribution in [3.63, 3.8) is 0 Å². The van der Waals surface area contributed by atoms with E-state index in [4.69, 9.17) is 9.47 Å². The molecular formula is C19H25F3O3. The molecular weight excluding hydrogens is 333 g/mol. The zero-order valence-electron chi connectivity index (χ0n) is 15.0. The number of alkyl halides is 3. The maximum absolute atomic E-state index is 12.7. The SMILES string of the molecule is CC1CC(OC(=O)C(C)Oc2cccc(C(F)(F)F)c2)CC(C)(C)C1. The first kappa shape index (κ1) is 19.6.